The summed E-state index contributed by atoms with van der Waals surface area (Å²) < 4.78 is 13.0. The highest BCUT2D eigenvalue weighted by atomic mass is 19.1. The standard InChI is InChI=1S/C14H18FNO3/c1-3-9-16(10-17)14(4-2,13(18)19)11-5-7-12(15)8-6-11/h5-8,10H,3-4,9H2,1-2H3,(H,18,19). The van der Waals surface area contributed by atoms with Crippen molar-refractivity contribution in [2.45, 2.75) is 32.2 Å². The predicted octanol–water partition coefficient (Wildman–Crippen LogP) is 2.38. The van der Waals surface area contributed by atoms with Gasteiger partial charge in [-0.05, 0) is 30.5 Å². The van der Waals surface area contributed by atoms with E-state index in [1.807, 2.05) is 6.92 Å². The molecule has 1 aromatic carbocycles. The fourth-order valence-corrected chi connectivity index (χ4v) is 2.27. The number of benzene rings is 1. The summed E-state index contributed by atoms with van der Waals surface area (Å²) >= 11 is 0. The van der Waals surface area contributed by atoms with Crippen molar-refractivity contribution in [1.82, 2.24) is 4.90 Å². The lowest BCUT2D eigenvalue weighted by atomic mass is 9.85. The van der Waals surface area contributed by atoms with Crippen molar-refractivity contribution in [2.24, 2.45) is 0 Å². The van der Waals surface area contributed by atoms with Gasteiger partial charge in [0.1, 0.15) is 5.82 Å². The zero-order valence-electron chi connectivity index (χ0n) is 11.1. The first-order chi connectivity index (χ1) is 9.02. The number of carbonyl (C=O) groups is 2. The van der Waals surface area contributed by atoms with Gasteiger partial charge in [0.2, 0.25) is 6.41 Å². The summed E-state index contributed by atoms with van der Waals surface area (Å²) in [5.41, 5.74) is -1.03. The molecule has 0 heterocycles. The molecule has 0 aliphatic rings. The Morgan fingerprint density at radius 1 is 1.37 bits per heavy atom. The highest BCUT2D eigenvalue weighted by Crippen LogP contribution is 2.32. The van der Waals surface area contributed by atoms with Crippen LogP contribution in [0.1, 0.15) is 32.3 Å². The second-order valence-electron chi connectivity index (χ2n) is 4.32. The quantitative estimate of drug-likeness (QED) is 0.772. The molecule has 0 fully saturated rings. The summed E-state index contributed by atoms with van der Waals surface area (Å²) in [5, 5.41) is 9.58. The lowest BCUT2D eigenvalue weighted by Gasteiger charge is -2.38. The number of hydrogen-bond acceptors (Lipinski definition) is 2. The molecule has 5 heteroatoms. The lowest BCUT2D eigenvalue weighted by molar-refractivity contribution is -0.156. The molecule has 104 valence electrons. The molecule has 1 N–H and O–H groups in total. The number of nitrogens with zero attached hydrogens (tertiary/aromatic N) is 1. The van der Waals surface area contributed by atoms with Gasteiger partial charge in [-0.15, -0.1) is 0 Å². The van der Waals surface area contributed by atoms with Gasteiger partial charge in [-0.2, -0.15) is 0 Å². The smallest absolute Gasteiger partial charge is 0.334 e. The number of carboxylic acid groups (broad SMARTS) is 1. The van der Waals surface area contributed by atoms with Crippen LogP contribution in [0.2, 0.25) is 0 Å². The summed E-state index contributed by atoms with van der Waals surface area (Å²) in [6.07, 6.45) is 1.41. The van der Waals surface area contributed by atoms with Crippen LogP contribution in [0.3, 0.4) is 0 Å². The van der Waals surface area contributed by atoms with Crippen LogP contribution in [0.25, 0.3) is 0 Å². The summed E-state index contributed by atoms with van der Waals surface area (Å²) in [4.78, 5) is 24.2. The molecule has 1 rings (SSSR count). The van der Waals surface area contributed by atoms with E-state index in [2.05, 4.69) is 0 Å². The molecule has 1 unspecified atom stereocenters. The van der Waals surface area contributed by atoms with Crippen molar-refractivity contribution in [3.05, 3.63) is 35.6 Å². The maximum Gasteiger partial charge on any atom is 0.334 e. The number of amides is 1. The number of carboxylic acids is 1. The third-order valence-corrected chi connectivity index (χ3v) is 3.27. The van der Waals surface area contributed by atoms with Gasteiger partial charge in [-0.1, -0.05) is 26.0 Å². The molecular formula is C14H18FNO3. The minimum atomic E-state index is -1.44. The van der Waals surface area contributed by atoms with E-state index in [0.29, 0.717) is 24.9 Å². The van der Waals surface area contributed by atoms with Crippen molar-refractivity contribution >= 4 is 12.4 Å². The van der Waals surface area contributed by atoms with Gasteiger partial charge in [0, 0.05) is 6.54 Å². The summed E-state index contributed by atoms with van der Waals surface area (Å²) in [6, 6.07) is 5.24. The Hall–Kier alpha value is -1.91. The van der Waals surface area contributed by atoms with Gasteiger partial charge >= 0.3 is 5.97 Å². The number of rotatable bonds is 7. The van der Waals surface area contributed by atoms with E-state index in [9.17, 15) is 19.1 Å². The van der Waals surface area contributed by atoms with E-state index in [1.165, 1.54) is 29.2 Å². The minimum Gasteiger partial charge on any atom is -0.479 e. The molecule has 1 aromatic rings. The van der Waals surface area contributed by atoms with E-state index < -0.39 is 17.3 Å². The highest BCUT2D eigenvalue weighted by molar-refractivity contribution is 5.83. The van der Waals surface area contributed by atoms with Crippen LogP contribution >= 0.6 is 0 Å². The minimum absolute atomic E-state index is 0.215. The van der Waals surface area contributed by atoms with Gasteiger partial charge in [-0.3, -0.25) is 4.79 Å². The van der Waals surface area contributed by atoms with Crippen LogP contribution in [0.15, 0.2) is 24.3 Å². The maximum atomic E-state index is 13.0. The number of hydrogen-bond donors (Lipinski definition) is 1. The number of aliphatic carboxylic acids is 1. The summed E-state index contributed by atoms with van der Waals surface area (Å²) in [6.45, 7) is 3.90. The molecule has 0 aromatic heterocycles. The van der Waals surface area contributed by atoms with Crippen molar-refractivity contribution in [1.29, 1.82) is 0 Å². The largest absolute Gasteiger partial charge is 0.479 e. The Labute approximate surface area is 111 Å². The monoisotopic (exact) mass is 267 g/mol. The molecule has 0 aliphatic carbocycles. The molecule has 0 saturated carbocycles. The van der Waals surface area contributed by atoms with Crippen molar-refractivity contribution in [3.63, 3.8) is 0 Å². The van der Waals surface area contributed by atoms with Gasteiger partial charge in [0.15, 0.2) is 5.54 Å². The Kier molecular flexibility index (Phi) is 5.03. The molecule has 0 aliphatic heterocycles. The van der Waals surface area contributed by atoms with Crippen LogP contribution in [0, 0.1) is 5.82 Å². The second-order valence-corrected chi connectivity index (χ2v) is 4.32. The van der Waals surface area contributed by atoms with Gasteiger partial charge in [0.05, 0.1) is 0 Å². The van der Waals surface area contributed by atoms with Gasteiger partial charge < -0.3 is 10.0 Å². The number of carbonyl (C=O) groups excluding carboxylic acids is 1. The van der Waals surface area contributed by atoms with Crippen LogP contribution in [-0.2, 0) is 15.1 Å². The Bertz CT molecular complexity index is 447. The molecule has 4 nitrogen and oxygen atoms in total. The molecule has 0 spiro atoms. The molecule has 0 radical (unpaired) electrons. The van der Waals surface area contributed by atoms with Crippen LogP contribution in [0.5, 0.6) is 0 Å². The van der Waals surface area contributed by atoms with Gasteiger partial charge in [-0.25, -0.2) is 9.18 Å². The second kappa shape index (κ2) is 6.31. The fraction of sp³-hybridized carbons (Fsp3) is 0.429. The molecule has 1 amide bonds. The van der Waals surface area contributed by atoms with E-state index in [4.69, 9.17) is 0 Å². The SMILES string of the molecule is CCCN(C=O)C(CC)(C(=O)O)c1ccc(F)cc1. The van der Waals surface area contributed by atoms with Crippen molar-refractivity contribution in [2.75, 3.05) is 6.54 Å². The fourth-order valence-electron chi connectivity index (χ4n) is 2.27. The highest BCUT2D eigenvalue weighted by Gasteiger charge is 2.43. The normalized spacial score (nSPS) is 13.6. The first-order valence-corrected chi connectivity index (χ1v) is 6.24. The molecular weight excluding hydrogens is 249 g/mol. The average Bonchev–Trinajstić information content (AvgIpc) is 2.40. The van der Waals surface area contributed by atoms with Crippen molar-refractivity contribution < 1.29 is 19.1 Å². The first kappa shape index (κ1) is 15.1. The van der Waals surface area contributed by atoms with Crippen molar-refractivity contribution in [3.8, 4) is 0 Å². The summed E-state index contributed by atoms with van der Waals surface area (Å²) in [5.74, 6) is -1.55. The summed E-state index contributed by atoms with van der Waals surface area (Å²) in [7, 11) is 0. The first-order valence-electron chi connectivity index (χ1n) is 6.24. The Balaban J connectivity index is 3.36. The van der Waals surface area contributed by atoms with E-state index in [-0.39, 0.29) is 6.42 Å². The third kappa shape index (κ3) is 2.75. The maximum absolute atomic E-state index is 13.0. The predicted molar refractivity (Wildman–Crippen MR) is 69.1 cm³/mol. The zero-order valence-corrected chi connectivity index (χ0v) is 11.1. The Morgan fingerprint density at radius 3 is 2.32 bits per heavy atom. The van der Waals surface area contributed by atoms with E-state index in [1.54, 1.807) is 6.92 Å². The topological polar surface area (TPSA) is 57.6 Å². The van der Waals surface area contributed by atoms with Crippen LogP contribution in [-0.4, -0.2) is 28.9 Å². The van der Waals surface area contributed by atoms with Gasteiger partial charge in [0.25, 0.3) is 0 Å². The van der Waals surface area contributed by atoms with E-state index in [0.717, 1.165) is 0 Å². The molecule has 19 heavy (non-hydrogen) atoms. The average molecular weight is 267 g/mol. The zero-order chi connectivity index (χ0) is 14.5. The van der Waals surface area contributed by atoms with E-state index >= 15 is 0 Å². The van der Waals surface area contributed by atoms with Crippen LogP contribution in [0.4, 0.5) is 4.39 Å². The molecule has 0 bridgehead atoms. The van der Waals surface area contributed by atoms with Crippen LogP contribution < -0.4 is 0 Å². The Morgan fingerprint density at radius 2 is 1.95 bits per heavy atom. The molecule has 0 saturated heterocycles. The number of halogens is 1. The lowest BCUT2D eigenvalue weighted by Crippen LogP contribution is -2.51. The molecule has 1 atom stereocenters. The third-order valence-electron chi connectivity index (χ3n) is 3.27.